The van der Waals surface area contributed by atoms with Crippen molar-refractivity contribution in [1.29, 1.82) is 5.26 Å². The number of aromatic nitrogens is 1. The number of nitriles is 1. The summed E-state index contributed by atoms with van der Waals surface area (Å²) in [5, 5.41) is 9.91. The lowest BCUT2D eigenvalue weighted by atomic mass is 9.79. The summed E-state index contributed by atoms with van der Waals surface area (Å²) in [6.07, 6.45) is 2.24. The fraction of sp³-hybridized carbons (Fsp3) is 0.429. The topological polar surface area (TPSA) is 99.2 Å². The van der Waals surface area contributed by atoms with Crippen molar-refractivity contribution in [2.24, 2.45) is 0 Å². The zero-order valence-corrected chi connectivity index (χ0v) is 15.9. The molecule has 2 bridgehead atoms. The van der Waals surface area contributed by atoms with Gasteiger partial charge in [0.1, 0.15) is 17.6 Å². The molecule has 1 aromatic heterocycles. The Labute approximate surface area is 164 Å². The number of rotatable bonds is 3. The first-order valence-electron chi connectivity index (χ1n) is 9.82. The molecule has 2 unspecified atom stereocenters. The van der Waals surface area contributed by atoms with E-state index in [-0.39, 0.29) is 12.0 Å². The molecular formula is C21H24N6O. The van der Waals surface area contributed by atoms with E-state index in [0.717, 1.165) is 60.7 Å². The van der Waals surface area contributed by atoms with Crippen LogP contribution >= 0.6 is 0 Å². The van der Waals surface area contributed by atoms with Crippen LogP contribution < -0.4 is 26.2 Å². The number of hydrogen-bond donors (Lipinski definition) is 3. The molecule has 7 heteroatoms. The van der Waals surface area contributed by atoms with E-state index in [0.29, 0.717) is 17.3 Å². The van der Waals surface area contributed by atoms with E-state index in [4.69, 9.17) is 10.5 Å². The number of ether oxygens (including phenoxy) is 1. The molecule has 0 radical (unpaired) electrons. The summed E-state index contributed by atoms with van der Waals surface area (Å²) >= 11 is 0. The standard InChI is InChI=1S/C21H24N6O/c1-28-14-4-2-12(3-5-14)18-16(11-24-26-18)17-15(10-22)21(23)25-19-13-6-8-27(9-7-13)20(17)19/h2-5,13,16,18,24,26H,6-9,11H2,1H3,(H2,23,25). The van der Waals surface area contributed by atoms with Gasteiger partial charge in [-0.05, 0) is 30.5 Å². The largest absolute Gasteiger partial charge is 0.497 e. The number of nitrogen functional groups attached to an aromatic ring is 1. The molecular weight excluding hydrogens is 352 g/mol. The molecule has 2 aromatic rings. The Bertz CT molecular complexity index is 943. The van der Waals surface area contributed by atoms with Crippen molar-refractivity contribution >= 4 is 11.5 Å². The van der Waals surface area contributed by atoms with Gasteiger partial charge in [-0.15, -0.1) is 0 Å². The number of benzene rings is 1. The zero-order valence-electron chi connectivity index (χ0n) is 15.9. The van der Waals surface area contributed by atoms with E-state index in [1.165, 1.54) is 0 Å². The predicted molar refractivity (Wildman–Crippen MR) is 107 cm³/mol. The monoisotopic (exact) mass is 376 g/mol. The molecule has 7 nitrogen and oxygen atoms in total. The van der Waals surface area contributed by atoms with Crippen LogP contribution in [0.3, 0.4) is 0 Å². The molecule has 2 fully saturated rings. The van der Waals surface area contributed by atoms with Crippen molar-refractivity contribution in [1.82, 2.24) is 15.8 Å². The highest BCUT2D eigenvalue weighted by Crippen LogP contribution is 2.49. The number of nitrogens with zero attached hydrogens (tertiary/aromatic N) is 3. The van der Waals surface area contributed by atoms with Crippen molar-refractivity contribution in [3.8, 4) is 11.8 Å². The highest BCUT2D eigenvalue weighted by Gasteiger charge is 2.41. The third-order valence-electron chi connectivity index (χ3n) is 6.40. The molecule has 2 atom stereocenters. The number of pyridine rings is 1. The molecule has 0 saturated carbocycles. The summed E-state index contributed by atoms with van der Waals surface area (Å²) in [5.74, 6) is 1.75. The number of fused-ring (bicyclic) bond motifs is 2. The lowest BCUT2D eigenvalue weighted by Crippen LogP contribution is -2.41. The molecule has 6 rings (SSSR count). The van der Waals surface area contributed by atoms with Gasteiger partial charge in [0.25, 0.3) is 0 Å². The van der Waals surface area contributed by atoms with Gasteiger partial charge in [-0.25, -0.2) is 10.4 Å². The normalized spacial score (nSPS) is 23.5. The second-order valence-corrected chi connectivity index (χ2v) is 7.78. The second-order valence-electron chi connectivity index (χ2n) is 7.78. The van der Waals surface area contributed by atoms with Crippen molar-refractivity contribution in [3.63, 3.8) is 0 Å². The Balaban J connectivity index is 1.64. The van der Waals surface area contributed by atoms with Gasteiger partial charge in [-0.2, -0.15) is 5.26 Å². The van der Waals surface area contributed by atoms with E-state index in [1.54, 1.807) is 7.11 Å². The fourth-order valence-corrected chi connectivity index (χ4v) is 5.00. The van der Waals surface area contributed by atoms with E-state index in [9.17, 15) is 5.26 Å². The van der Waals surface area contributed by atoms with Gasteiger partial charge < -0.3 is 15.4 Å². The zero-order chi connectivity index (χ0) is 19.3. The maximum atomic E-state index is 9.91. The Morgan fingerprint density at radius 2 is 2.00 bits per heavy atom. The van der Waals surface area contributed by atoms with E-state index in [1.807, 2.05) is 12.1 Å². The van der Waals surface area contributed by atoms with Crippen LogP contribution in [0.25, 0.3) is 0 Å². The smallest absolute Gasteiger partial charge is 0.142 e. The highest BCUT2D eigenvalue weighted by atomic mass is 16.5. The van der Waals surface area contributed by atoms with Crippen LogP contribution in [0.4, 0.5) is 11.5 Å². The number of anilines is 2. The molecule has 4 N–H and O–H groups in total. The lowest BCUT2D eigenvalue weighted by Gasteiger charge is -2.43. The van der Waals surface area contributed by atoms with Crippen molar-refractivity contribution in [2.75, 3.05) is 37.4 Å². The minimum absolute atomic E-state index is 0.0468. The Morgan fingerprint density at radius 1 is 1.25 bits per heavy atom. The van der Waals surface area contributed by atoms with Gasteiger partial charge in [-0.1, -0.05) is 12.1 Å². The van der Waals surface area contributed by atoms with Gasteiger partial charge in [0.2, 0.25) is 0 Å². The minimum Gasteiger partial charge on any atom is -0.497 e. The van der Waals surface area contributed by atoms with Crippen molar-refractivity contribution in [2.45, 2.75) is 30.7 Å². The third-order valence-corrected chi connectivity index (χ3v) is 6.40. The van der Waals surface area contributed by atoms with Crippen LogP contribution in [0.1, 0.15) is 53.1 Å². The Morgan fingerprint density at radius 3 is 2.68 bits per heavy atom. The molecule has 4 aliphatic rings. The average molecular weight is 376 g/mol. The van der Waals surface area contributed by atoms with E-state index >= 15 is 0 Å². The number of nitrogens with one attached hydrogen (secondary N) is 2. The van der Waals surface area contributed by atoms with Crippen molar-refractivity contribution < 1.29 is 4.74 Å². The van der Waals surface area contributed by atoms with Crippen LogP contribution in [0, 0.1) is 11.3 Å². The molecule has 28 heavy (non-hydrogen) atoms. The first-order chi connectivity index (χ1) is 13.7. The maximum Gasteiger partial charge on any atom is 0.142 e. The lowest BCUT2D eigenvalue weighted by molar-refractivity contribution is 0.414. The second kappa shape index (κ2) is 6.66. The first-order valence-corrected chi connectivity index (χ1v) is 9.82. The number of hydrogen-bond acceptors (Lipinski definition) is 7. The highest BCUT2D eigenvalue weighted by molar-refractivity contribution is 5.72. The molecule has 4 aliphatic heterocycles. The van der Waals surface area contributed by atoms with Crippen LogP contribution in [-0.4, -0.2) is 31.7 Å². The molecule has 0 aliphatic carbocycles. The number of piperidine rings is 1. The Hall–Kier alpha value is -2.82. The quantitative estimate of drug-likeness (QED) is 0.755. The fourth-order valence-electron chi connectivity index (χ4n) is 5.00. The molecule has 144 valence electrons. The number of hydrazine groups is 1. The molecule has 0 amide bonds. The van der Waals surface area contributed by atoms with Crippen LogP contribution in [0.5, 0.6) is 5.75 Å². The number of methoxy groups -OCH3 is 1. The predicted octanol–water partition coefficient (Wildman–Crippen LogP) is 2.17. The maximum absolute atomic E-state index is 9.91. The summed E-state index contributed by atoms with van der Waals surface area (Å²) < 4.78 is 5.29. The van der Waals surface area contributed by atoms with Crippen LogP contribution in [0.2, 0.25) is 0 Å². The van der Waals surface area contributed by atoms with Crippen LogP contribution in [-0.2, 0) is 0 Å². The first kappa shape index (κ1) is 17.3. The molecule has 5 heterocycles. The van der Waals surface area contributed by atoms with Crippen LogP contribution in [0.15, 0.2) is 24.3 Å². The minimum atomic E-state index is 0.0468. The van der Waals surface area contributed by atoms with Gasteiger partial charge in [0.15, 0.2) is 0 Å². The summed E-state index contributed by atoms with van der Waals surface area (Å²) in [4.78, 5) is 7.08. The molecule has 1 aromatic carbocycles. The average Bonchev–Trinajstić information content (AvgIpc) is 3.23. The van der Waals surface area contributed by atoms with Gasteiger partial charge in [0, 0.05) is 37.0 Å². The SMILES string of the molecule is COc1ccc(C2NNCC2c2c(C#N)c(N)nc3c2N2CCC3CC2)cc1. The van der Waals surface area contributed by atoms with Gasteiger partial charge in [-0.3, -0.25) is 5.43 Å². The van der Waals surface area contributed by atoms with E-state index < -0.39 is 0 Å². The third kappa shape index (κ3) is 2.53. The molecule has 2 saturated heterocycles. The van der Waals surface area contributed by atoms with Gasteiger partial charge >= 0.3 is 0 Å². The number of nitrogens with two attached hydrogens (primary N) is 1. The van der Waals surface area contributed by atoms with E-state index in [2.05, 4.69) is 38.9 Å². The Kier molecular flexibility index (Phi) is 4.11. The van der Waals surface area contributed by atoms with Crippen molar-refractivity contribution in [3.05, 3.63) is 46.6 Å². The summed E-state index contributed by atoms with van der Waals surface area (Å²) in [6, 6.07) is 10.5. The summed E-state index contributed by atoms with van der Waals surface area (Å²) in [7, 11) is 1.67. The molecule has 0 spiro atoms. The summed E-state index contributed by atoms with van der Waals surface area (Å²) in [6.45, 7) is 2.80. The summed E-state index contributed by atoms with van der Waals surface area (Å²) in [5.41, 5.74) is 17.9. The van der Waals surface area contributed by atoms with Gasteiger partial charge in [0.05, 0.1) is 30.1 Å².